The van der Waals surface area contributed by atoms with Crippen molar-refractivity contribution in [2.45, 2.75) is 61.6 Å². The van der Waals surface area contributed by atoms with Crippen LogP contribution in [0, 0.1) is 5.41 Å². The first kappa shape index (κ1) is 29.4. The highest BCUT2D eigenvalue weighted by Crippen LogP contribution is 2.57. The van der Waals surface area contributed by atoms with Gasteiger partial charge in [-0.1, -0.05) is 35.9 Å². The third-order valence-electron chi connectivity index (χ3n) is 8.72. The normalized spacial score (nSPS) is 22.5. The molecule has 3 saturated carbocycles. The number of halogens is 4. The number of urea groups is 1. The molecule has 6 rings (SSSR count). The number of hydrogen-bond donors (Lipinski definition) is 2. The maximum atomic E-state index is 13.6. The number of benzene rings is 2. The maximum Gasteiger partial charge on any atom is 0.417 e. The molecule has 2 N–H and O–H groups in total. The van der Waals surface area contributed by atoms with E-state index in [4.69, 9.17) is 11.6 Å². The monoisotopic (exact) mass is 609 g/mol. The van der Waals surface area contributed by atoms with E-state index in [2.05, 4.69) is 20.8 Å². The average molecular weight is 610 g/mol. The fourth-order valence-corrected chi connectivity index (χ4v) is 7.53. The van der Waals surface area contributed by atoms with Crippen LogP contribution in [0.1, 0.15) is 55.5 Å². The van der Waals surface area contributed by atoms with Gasteiger partial charge in [0, 0.05) is 42.4 Å². The van der Waals surface area contributed by atoms with Gasteiger partial charge in [-0.25, -0.2) is 13.2 Å². The summed E-state index contributed by atoms with van der Waals surface area (Å²) in [6, 6.07) is 9.55. The van der Waals surface area contributed by atoms with E-state index in [9.17, 15) is 26.4 Å². The molecule has 3 aromatic rings. The molecule has 1 aromatic heterocycles. The van der Waals surface area contributed by atoms with Crippen LogP contribution >= 0.6 is 11.6 Å². The lowest BCUT2D eigenvalue weighted by Gasteiger charge is -2.52. The Balaban J connectivity index is 1.22. The Morgan fingerprint density at radius 1 is 1.02 bits per heavy atom. The van der Waals surface area contributed by atoms with Gasteiger partial charge < -0.3 is 15.2 Å². The minimum Gasteiger partial charge on any atom is -0.338 e. The van der Waals surface area contributed by atoms with Crippen LogP contribution in [0.2, 0.25) is 5.02 Å². The van der Waals surface area contributed by atoms with Gasteiger partial charge in [0.2, 0.25) is 0 Å². The minimum atomic E-state index is -4.50. The maximum absolute atomic E-state index is 13.6. The fraction of sp³-hybridized carbons (Fsp3) is 0.464. The number of alkyl halides is 3. The summed E-state index contributed by atoms with van der Waals surface area (Å²) in [5, 5.41) is 14.6. The highest BCUT2D eigenvalue weighted by molar-refractivity contribution is 7.90. The molecule has 8 nitrogen and oxygen atoms in total. The molecule has 3 aliphatic rings. The number of hydrogen-bond acceptors (Lipinski definition) is 5. The number of nitrogens with one attached hydrogen (secondary N) is 2. The van der Waals surface area contributed by atoms with E-state index in [1.807, 2.05) is 0 Å². The summed E-state index contributed by atoms with van der Waals surface area (Å²) >= 11 is 5.95. The summed E-state index contributed by atoms with van der Waals surface area (Å²) in [4.78, 5) is 12.7. The number of fused-ring (bicyclic) bond motifs is 3. The standard InChI is InChI=1S/C28H31ClF3N5O3S/c1-37-23(20-5-3-4-6-21(20)28(30,31)32)35-36-24(37)27-12-9-26(10-13-27,11-14-27)17-34-25(38)33-16-18-7-8-19(29)15-22(18)41(2,39)40/h3-8,15H,9-14,16-17H2,1-2H3,(H2,33,34,38). The predicted molar refractivity (Wildman–Crippen MR) is 148 cm³/mol. The Morgan fingerprint density at radius 3 is 2.32 bits per heavy atom. The van der Waals surface area contributed by atoms with Crippen LogP contribution in [0.25, 0.3) is 11.4 Å². The minimum absolute atomic E-state index is 0.0103. The van der Waals surface area contributed by atoms with Crippen LogP contribution in [0.15, 0.2) is 47.4 Å². The summed E-state index contributed by atoms with van der Waals surface area (Å²) < 4.78 is 66.8. The molecule has 0 spiro atoms. The van der Waals surface area contributed by atoms with Crippen molar-refractivity contribution in [2.24, 2.45) is 12.5 Å². The Hall–Kier alpha value is -3.12. The van der Waals surface area contributed by atoms with Crippen molar-refractivity contribution in [3.8, 4) is 11.4 Å². The molecule has 0 unspecified atom stereocenters. The van der Waals surface area contributed by atoms with E-state index in [1.54, 1.807) is 29.8 Å². The third-order valence-corrected chi connectivity index (χ3v) is 10.1. The molecule has 2 bridgehead atoms. The van der Waals surface area contributed by atoms with Gasteiger partial charge in [-0.2, -0.15) is 13.2 Å². The Kier molecular flexibility index (Phi) is 7.60. The van der Waals surface area contributed by atoms with Gasteiger partial charge >= 0.3 is 12.2 Å². The molecule has 2 aromatic carbocycles. The topological polar surface area (TPSA) is 106 Å². The van der Waals surface area contributed by atoms with Gasteiger partial charge in [0.25, 0.3) is 0 Å². The number of amides is 2. The van der Waals surface area contributed by atoms with Gasteiger partial charge in [0.1, 0.15) is 5.82 Å². The van der Waals surface area contributed by atoms with Crippen molar-refractivity contribution >= 4 is 27.5 Å². The number of sulfone groups is 1. The molecular formula is C28H31ClF3N5O3S. The number of aromatic nitrogens is 3. The first-order valence-electron chi connectivity index (χ1n) is 13.3. The van der Waals surface area contributed by atoms with Crippen LogP contribution in [0.4, 0.5) is 18.0 Å². The lowest BCUT2D eigenvalue weighted by Crippen LogP contribution is -2.51. The van der Waals surface area contributed by atoms with Crippen LogP contribution in [0.5, 0.6) is 0 Å². The largest absolute Gasteiger partial charge is 0.417 e. The highest BCUT2D eigenvalue weighted by Gasteiger charge is 2.51. The van der Waals surface area contributed by atoms with Crippen LogP contribution in [-0.2, 0) is 35.0 Å². The number of carbonyl (C=O) groups is 1. The third kappa shape index (κ3) is 5.81. The molecule has 2 amide bonds. The zero-order valence-corrected chi connectivity index (χ0v) is 24.3. The lowest BCUT2D eigenvalue weighted by molar-refractivity contribution is -0.137. The Morgan fingerprint density at radius 2 is 1.68 bits per heavy atom. The van der Waals surface area contributed by atoms with Crippen molar-refractivity contribution in [1.29, 1.82) is 0 Å². The van der Waals surface area contributed by atoms with Gasteiger partial charge in [-0.05, 0) is 67.7 Å². The van der Waals surface area contributed by atoms with E-state index in [1.165, 1.54) is 18.2 Å². The molecule has 3 aliphatic carbocycles. The molecule has 41 heavy (non-hydrogen) atoms. The van der Waals surface area contributed by atoms with E-state index in [-0.39, 0.29) is 33.7 Å². The van der Waals surface area contributed by atoms with E-state index >= 15 is 0 Å². The van der Waals surface area contributed by atoms with Crippen molar-refractivity contribution < 1.29 is 26.4 Å². The Labute approximate surface area is 241 Å². The lowest BCUT2D eigenvalue weighted by atomic mass is 9.53. The van der Waals surface area contributed by atoms with E-state index in [0.29, 0.717) is 23.0 Å². The summed E-state index contributed by atoms with van der Waals surface area (Å²) in [7, 11) is -1.79. The quantitative estimate of drug-likeness (QED) is 0.360. The van der Waals surface area contributed by atoms with Gasteiger partial charge in [-0.3, -0.25) is 0 Å². The summed E-state index contributed by atoms with van der Waals surface area (Å²) in [5.41, 5.74) is -0.629. The molecule has 0 saturated heterocycles. The van der Waals surface area contributed by atoms with Gasteiger partial charge in [0.05, 0.1) is 10.5 Å². The molecule has 13 heteroatoms. The van der Waals surface area contributed by atoms with Gasteiger partial charge in [0.15, 0.2) is 15.7 Å². The first-order chi connectivity index (χ1) is 19.2. The molecule has 3 fully saturated rings. The zero-order valence-electron chi connectivity index (χ0n) is 22.7. The van der Waals surface area contributed by atoms with Crippen LogP contribution in [-0.4, -0.2) is 42.0 Å². The second-order valence-electron chi connectivity index (χ2n) is 11.3. The first-order valence-corrected chi connectivity index (χ1v) is 15.6. The van der Waals surface area contributed by atoms with Crippen molar-refractivity contribution in [3.63, 3.8) is 0 Å². The summed E-state index contributed by atoms with van der Waals surface area (Å²) in [6.45, 7) is 0.505. The van der Waals surface area contributed by atoms with Crippen molar-refractivity contribution in [2.75, 3.05) is 12.8 Å². The zero-order chi connectivity index (χ0) is 29.6. The van der Waals surface area contributed by atoms with Crippen LogP contribution in [0.3, 0.4) is 0 Å². The van der Waals surface area contributed by atoms with Gasteiger partial charge in [-0.15, -0.1) is 10.2 Å². The average Bonchev–Trinajstić information content (AvgIpc) is 3.33. The predicted octanol–water partition coefficient (Wildman–Crippen LogP) is 5.65. The number of carbonyl (C=O) groups excluding carboxylic acids is 1. The van der Waals surface area contributed by atoms with E-state index < -0.39 is 27.6 Å². The molecule has 0 atom stereocenters. The summed E-state index contributed by atoms with van der Waals surface area (Å²) in [5.74, 6) is 0.899. The SMILES string of the molecule is Cn1c(-c2ccccc2C(F)(F)F)nnc1C12CCC(CNC(=O)NCc3ccc(Cl)cc3S(C)(=O)=O)(CC1)CC2. The van der Waals surface area contributed by atoms with Crippen molar-refractivity contribution in [1.82, 2.24) is 25.4 Å². The van der Waals surface area contributed by atoms with Crippen LogP contribution < -0.4 is 10.6 Å². The summed E-state index contributed by atoms with van der Waals surface area (Å²) in [6.07, 6.45) is 1.50. The van der Waals surface area contributed by atoms with E-state index in [0.717, 1.165) is 50.8 Å². The molecule has 0 radical (unpaired) electrons. The smallest absolute Gasteiger partial charge is 0.338 e. The molecule has 220 valence electrons. The fourth-order valence-electron chi connectivity index (χ4n) is 6.34. The number of rotatable bonds is 7. The highest BCUT2D eigenvalue weighted by atomic mass is 35.5. The van der Waals surface area contributed by atoms with Crippen molar-refractivity contribution in [3.05, 3.63) is 64.4 Å². The second kappa shape index (κ2) is 10.6. The second-order valence-corrected chi connectivity index (χ2v) is 13.7. The number of nitrogens with zero attached hydrogens (tertiary/aromatic N) is 3. The molecule has 0 aliphatic heterocycles. The Bertz CT molecular complexity index is 1560. The molecular weight excluding hydrogens is 579 g/mol. The molecule has 1 heterocycles.